The van der Waals surface area contributed by atoms with Crippen molar-refractivity contribution in [1.29, 1.82) is 0 Å². The van der Waals surface area contributed by atoms with Gasteiger partial charge in [-0.2, -0.15) is 0 Å². The number of amides is 1. The fourth-order valence-electron chi connectivity index (χ4n) is 1.94. The number of carbonyl (C=O) groups excluding carboxylic acids is 1. The molecule has 0 saturated carbocycles. The van der Waals surface area contributed by atoms with Crippen LogP contribution in [0.2, 0.25) is 0 Å². The molecule has 0 aromatic carbocycles. The molecular weight excluding hydrogens is 252 g/mol. The van der Waals surface area contributed by atoms with Crippen LogP contribution in [0.4, 0.5) is 10.9 Å². The Morgan fingerprint density at radius 1 is 1.72 bits per heavy atom. The van der Waals surface area contributed by atoms with Crippen LogP contribution in [0.1, 0.15) is 22.5 Å². The highest BCUT2D eigenvalue weighted by Crippen LogP contribution is 2.26. The molecule has 0 aliphatic carbocycles. The van der Waals surface area contributed by atoms with Crippen molar-refractivity contribution < 1.29 is 9.53 Å². The number of nitrogens with two attached hydrogens (primary N) is 1. The van der Waals surface area contributed by atoms with E-state index >= 15 is 0 Å². The quantitative estimate of drug-likeness (QED) is 0.853. The highest BCUT2D eigenvalue weighted by molar-refractivity contribution is 7.18. The Morgan fingerprint density at radius 2 is 2.50 bits per heavy atom. The topological polar surface area (TPSA) is 80.5 Å². The molecule has 1 aliphatic rings. The molecule has 100 valence electrons. The van der Waals surface area contributed by atoms with Crippen molar-refractivity contribution in [1.82, 2.24) is 9.88 Å². The third-order valence-corrected chi connectivity index (χ3v) is 3.99. The van der Waals surface area contributed by atoms with Gasteiger partial charge in [0.25, 0.3) is 5.91 Å². The average Bonchev–Trinajstić information content (AvgIpc) is 2.97. The van der Waals surface area contributed by atoms with Gasteiger partial charge in [0, 0.05) is 27.2 Å². The van der Waals surface area contributed by atoms with Gasteiger partial charge in [-0.05, 0) is 12.8 Å². The van der Waals surface area contributed by atoms with Crippen LogP contribution in [0.25, 0.3) is 0 Å². The molecule has 1 saturated heterocycles. The van der Waals surface area contributed by atoms with Crippen LogP contribution in [0, 0.1) is 0 Å². The van der Waals surface area contributed by atoms with E-state index in [2.05, 4.69) is 10.3 Å². The number of ether oxygens (including phenoxy) is 1. The molecule has 1 amide bonds. The van der Waals surface area contributed by atoms with E-state index in [9.17, 15) is 4.79 Å². The first-order chi connectivity index (χ1) is 8.61. The van der Waals surface area contributed by atoms with Crippen molar-refractivity contribution in [3.8, 4) is 0 Å². The van der Waals surface area contributed by atoms with Gasteiger partial charge >= 0.3 is 0 Å². The largest absolute Gasteiger partial charge is 0.382 e. The number of nitrogens with one attached hydrogen (secondary N) is 1. The summed E-state index contributed by atoms with van der Waals surface area (Å²) in [6.07, 6.45) is 2.23. The van der Waals surface area contributed by atoms with Gasteiger partial charge in [-0.25, -0.2) is 4.98 Å². The Bertz CT molecular complexity index is 429. The van der Waals surface area contributed by atoms with Crippen molar-refractivity contribution in [3.05, 3.63) is 4.88 Å². The van der Waals surface area contributed by atoms with Gasteiger partial charge in [0.05, 0.1) is 6.10 Å². The second-order valence-electron chi connectivity index (χ2n) is 4.30. The van der Waals surface area contributed by atoms with Crippen LogP contribution in [0.3, 0.4) is 0 Å². The summed E-state index contributed by atoms with van der Waals surface area (Å²) in [5.74, 6) is 0.190. The molecule has 18 heavy (non-hydrogen) atoms. The minimum absolute atomic E-state index is 0.0954. The summed E-state index contributed by atoms with van der Waals surface area (Å²) in [6, 6.07) is 0. The van der Waals surface area contributed by atoms with Crippen molar-refractivity contribution in [2.45, 2.75) is 18.9 Å². The van der Waals surface area contributed by atoms with E-state index in [-0.39, 0.29) is 17.8 Å². The number of thiazole rings is 1. The summed E-state index contributed by atoms with van der Waals surface area (Å²) in [5.41, 5.74) is 5.74. The lowest BCUT2D eigenvalue weighted by Gasteiger charge is -2.20. The highest BCUT2D eigenvalue weighted by Gasteiger charge is 2.24. The van der Waals surface area contributed by atoms with Crippen molar-refractivity contribution in [2.24, 2.45) is 0 Å². The summed E-state index contributed by atoms with van der Waals surface area (Å²) in [4.78, 5) is 18.4. The van der Waals surface area contributed by atoms with Crippen molar-refractivity contribution in [2.75, 3.05) is 38.3 Å². The van der Waals surface area contributed by atoms with E-state index in [0.717, 1.165) is 19.4 Å². The maximum atomic E-state index is 12.2. The molecule has 7 heteroatoms. The smallest absolute Gasteiger partial charge is 0.267 e. The van der Waals surface area contributed by atoms with E-state index in [1.807, 2.05) is 0 Å². The Morgan fingerprint density at radius 3 is 3.06 bits per heavy atom. The number of hydrogen-bond acceptors (Lipinski definition) is 6. The lowest BCUT2D eigenvalue weighted by atomic mass is 10.2. The number of rotatable bonds is 4. The second-order valence-corrected chi connectivity index (χ2v) is 5.30. The molecule has 6 nitrogen and oxygen atoms in total. The molecule has 1 aromatic rings. The van der Waals surface area contributed by atoms with Gasteiger partial charge < -0.3 is 20.7 Å². The zero-order valence-electron chi connectivity index (χ0n) is 10.6. The van der Waals surface area contributed by atoms with Gasteiger partial charge in [0.2, 0.25) is 0 Å². The molecule has 1 atom stereocenters. The molecule has 2 heterocycles. The summed E-state index contributed by atoms with van der Waals surface area (Å²) < 4.78 is 5.52. The molecule has 0 bridgehead atoms. The summed E-state index contributed by atoms with van der Waals surface area (Å²) >= 11 is 1.27. The molecule has 1 unspecified atom stereocenters. The Kier molecular flexibility index (Phi) is 4.03. The number of aromatic nitrogens is 1. The number of hydrogen-bond donors (Lipinski definition) is 2. The number of likely N-dealkylation sites (N-methyl/N-ethyl adjacent to an activating group) is 1. The van der Waals surface area contributed by atoms with Crippen LogP contribution in [-0.4, -0.2) is 49.1 Å². The van der Waals surface area contributed by atoms with Crippen LogP contribution in [0.15, 0.2) is 0 Å². The fourth-order valence-corrected chi connectivity index (χ4v) is 2.77. The average molecular weight is 270 g/mol. The van der Waals surface area contributed by atoms with Crippen LogP contribution >= 0.6 is 11.3 Å². The minimum atomic E-state index is -0.0954. The van der Waals surface area contributed by atoms with Gasteiger partial charge in [-0.1, -0.05) is 11.3 Å². The summed E-state index contributed by atoms with van der Waals surface area (Å²) in [7, 11) is 3.52. The van der Waals surface area contributed by atoms with Gasteiger partial charge in [-0.3, -0.25) is 4.79 Å². The molecule has 0 radical (unpaired) electrons. The van der Waals surface area contributed by atoms with Crippen LogP contribution in [0.5, 0.6) is 0 Å². The summed E-state index contributed by atoms with van der Waals surface area (Å²) in [5, 5.41) is 3.54. The first-order valence-electron chi connectivity index (χ1n) is 5.93. The molecule has 1 fully saturated rings. The Labute approximate surface area is 110 Å². The first kappa shape index (κ1) is 13.1. The van der Waals surface area contributed by atoms with E-state index in [4.69, 9.17) is 10.5 Å². The normalized spacial score (nSPS) is 18.9. The van der Waals surface area contributed by atoms with Gasteiger partial charge in [0.15, 0.2) is 5.13 Å². The van der Waals surface area contributed by atoms with Gasteiger partial charge in [-0.15, -0.1) is 0 Å². The Balaban J connectivity index is 2.02. The standard InChI is InChI=1S/C11H18N4O2S/c1-13-11-14-9(12)8(18-11)10(16)15(2)6-7-4-3-5-17-7/h7H,3-6,12H2,1-2H3,(H,13,14). The number of nitrogen functional groups attached to an aromatic ring is 1. The molecular formula is C11H18N4O2S. The molecule has 1 aromatic heterocycles. The van der Waals surface area contributed by atoms with Crippen molar-refractivity contribution in [3.63, 3.8) is 0 Å². The van der Waals surface area contributed by atoms with E-state index in [1.54, 1.807) is 19.0 Å². The molecule has 2 rings (SSSR count). The lowest BCUT2D eigenvalue weighted by Crippen LogP contribution is -2.34. The van der Waals surface area contributed by atoms with E-state index < -0.39 is 0 Å². The number of carbonyl (C=O) groups is 1. The number of anilines is 2. The van der Waals surface area contributed by atoms with E-state index in [0.29, 0.717) is 16.6 Å². The maximum Gasteiger partial charge on any atom is 0.267 e. The fraction of sp³-hybridized carbons (Fsp3) is 0.636. The zero-order chi connectivity index (χ0) is 13.1. The monoisotopic (exact) mass is 270 g/mol. The van der Waals surface area contributed by atoms with Crippen LogP contribution < -0.4 is 11.1 Å². The predicted molar refractivity (Wildman–Crippen MR) is 72.0 cm³/mol. The number of nitrogens with zero attached hydrogens (tertiary/aromatic N) is 2. The first-order valence-corrected chi connectivity index (χ1v) is 6.74. The maximum absolute atomic E-state index is 12.2. The van der Waals surface area contributed by atoms with E-state index in [1.165, 1.54) is 11.3 Å². The second kappa shape index (κ2) is 5.53. The summed E-state index contributed by atoms with van der Waals surface area (Å²) in [6.45, 7) is 1.39. The third-order valence-electron chi connectivity index (χ3n) is 2.91. The predicted octanol–water partition coefficient (Wildman–Crippen LogP) is 1.02. The third kappa shape index (κ3) is 2.73. The zero-order valence-corrected chi connectivity index (χ0v) is 11.4. The van der Waals surface area contributed by atoms with Crippen LogP contribution in [-0.2, 0) is 4.74 Å². The van der Waals surface area contributed by atoms with Crippen molar-refractivity contribution >= 4 is 28.2 Å². The lowest BCUT2D eigenvalue weighted by molar-refractivity contribution is 0.0591. The minimum Gasteiger partial charge on any atom is -0.382 e. The Hall–Kier alpha value is -1.34. The molecule has 3 N–H and O–H groups in total. The van der Waals surface area contributed by atoms with Gasteiger partial charge in [0.1, 0.15) is 10.7 Å². The molecule has 0 spiro atoms. The molecule has 1 aliphatic heterocycles. The SMILES string of the molecule is CNc1nc(N)c(C(=O)N(C)CC2CCCO2)s1. The highest BCUT2D eigenvalue weighted by atomic mass is 32.1.